The van der Waals surface area contributed by atoms with E-state index in [1.807, 2.05) is 18.2 Å². The summed E-state index contributed by atoms with van der Waals surface area (Å²) in [6.07, 6.45) is 2.11. The zero-order valence-electron chi connectivity index (χ0n) is 13.6. The molecule has 0 aliphatic heterocycles. The van der Waals surface area contributed by atoms with Gasteiger partial charge in [-0.3, -0.25) is 19.2 Å². The molecular formula is C15H16FN3O5P2. The van der Waals surface area contributed by atoms with Crippen LogP contribution < -0.4 is 0 Å². The molecule has 2 aromatic heterocycles. The molecule has 2 heterocycles. The molecule has 0 spiro atoms. The van der Waals surface area contributed by atoms with Gasteiger partial charge >= 0.3 is 7.60 Å². The van der Waals surface area contributed by atoms with E-state index in [2.05, 4.69) is 15.2 Å². The Morgan fingerprint density at radius 1 is 1.12 bits per heavy atom. The molecule has 3 rings (SSSR count). The highest BCUT2D eigenvalue weighted by Gasteiger charge is 2.59. The lowest BCUT2D eigenvalue weighted by molar-refractivity contribution is 0.250. The predicted molar refractivity (Wildman–Crippen MR) is 94.7 cm³/mol. The molecule has 138 valence electrons. The zero-order valence-corrected chi connectivity index (χ0v) is 15.4. The van der Waals surface area contributed by atoms with Gasteiger partial charge in [-0.25, -0.2) is 4.39 Å². The average Bonchev–Trinajstić information content (AvgIpc) is 3.01. The Bertz CT molecular complexity index is 1020. The molecule has 3 aromatic rings. The third kappa shape index (κ3) is 3.37. The number of aromatic amines is 1. The third-order valence-corrected chi connectivity index (χ3v) is 8.46. The van der Waals surface area contributed by atoms with E-state index in [0.717, 1.165) is 16.5 Å². The maximum absolute atomic E-state index is 14.7. The maximum atomic E-state index is 14.7. The van der Waals surface area contributed by atoms with Gasteiger partial charge in [0.1, 0.15) is 0 Å². The number of fused-ring (bicyclic) bond motifs is 1. The number of hydrogen-bond donors (Lipinski definition) is 4. The first-order chi connectivity index (χ1) is 12.0. The molecule has 4 N–H and O–H groups in total. The van der Waals surface area contributed by atoms with Crippen molar-refractivity contribution in [1.29, 1.82) is 0 Å². The van der Waals surface area contributed by atoms with Gasteiger partial charge in [0.2, 0.25) is 7.37 Å². The molecule has 2 atom stereocenters. The molecule has 2 unspecified atom stereocenters. The molecule has 1 aromatic carbocycles. The minimum Gasteiger partial charge on any atom is -0.342 e. The number of pyridine rings is 1. The SMILES string of the molecule is CP(=O)(O)C(F)(Cc1ccc(-c2ccc3[nH]ncc3c2)cn1)P(=O)(O)O. The van der Waals surface area contributed by atoms with Crippen molar-refractivity contribution in [2.24, 2.45) is 0 Å². The van der Waals surface area contributed by atoms with Crippen LogP contribution in [0, 0.1) is 0 Å². The largest absolute Gasteiger partial charge is 0.372 e. The molecule has 0 saturated carbocycles. The molecule has 11 heteroatoms. The van der Waals surface area contributed by atoms with Gasteiger partial charge in [0.25, 0.3) is 5.15 Å². The fourth-order valence-corrected chi connectivity index (χ4v) is 5.30. The maximum Gasteiger partial charge on any atom is 0.372 e. The van der Waals surface area contributed by atoms with Gasteiger partial charge in [-0.15, -0.1) is 0 Å². The van der Waals surface area contributed by atoms with Crippen LogP contribution in [-0.4, -0.2) is 41.7 Å². The van der Waals surface area contributed by atoms with E-state index in [0.29, 0.717) is 12.2 Å². The van der Waals surface area contributed by atoms with Crippen molar-refractivity contribution in [1.82, 2.24) is 15.2 Å². The number of nitrogens with zero attached hydrogens (tertiary/aromatic N) is 2. The second-order valence-electron chi connectivity index (χ2n) is 6.03. The Morgan fingerprint density at radius 3 is 2.38 bits per heavy atom. The number of halogens is 1. The number of aromatic nitrogens is 3. The van der Waals surface area contributed by atoms with E-state index >= 15 is 0 Å². The summed E-state index contributed by atoms with van der Waals surface area (Å²) in [6, 6.07) is 8.51. The van der Waals surface area contributed by atoms with Crippen LogP contribution in [0.15, 0.2) is 42.7 Å². The van der Waals surface area contributed by atoms with Crippen LogP contribution in [0.3, 0.4) is 0 Å². The Kier molecular flexibility index (Phi) is 4.63. The number of nitrogens with one attached hydrogen (secondary N) is 1. The summed E-state index contributed by atoms with van der Waals surface area (Å²) in [6.45, 7) is 0.584. The van der Waals surface area contributed by atoms with Gasteiger partial charge in [-0.2, -0.15) is 5.10 Å². The smallest absolute Gasteiger partial charge is 0.342 e. The van der Waals surface area contributed by atoms with Crippen molar-refractivity contribution in [3.63, 3.8) is 0 Å². The van der Waals surface area contributed by atoms with Gasteiger partial charge < -0.3 is 14.7 Å². The van der Waals surface area contributed by atoms with Gasteiger partial charge in [-0.05, 0) is 23.8 Å². The Labute approximate surface area is 147 Å². The van der Waals surface area contributed by atoms with Crippen molar-refractivity contribution >= 4 is 25.9 Å². The van der Waals surface area contributed by atoms with E-state index in [-0.39, 0.29) is 5.69 Å². The van der Waals surface area contributed by atoms with Gasteiger partial charge in [0.05, 0.1) is 11.7 Å². The summed E-state index contributed by atoms with van der Waals surface area (Å²) in [5.41, 5.74) is 2.34. The highest BCUT2D eigenvalue weighted by Crippen LogP contribution is 2.71. The molecule has 0 radical (unpaired) electrons. The van der Waals surface area contributed by atoms with E-state index < -0.39 is 26.5 Å². The van der Waals surface area contributed by atoms with E-state index in [1.165, 1.54) is 12.3 Å². The van der Waals surface area contributed by atoms with E-state index in [1.54, 1.807) is 12.3 Å². The molecule has 0 aliphatic rings. The van der Waals surface area contributed by atoms with Crippen LogP contribution in [0.2, 0.25) is 0 Å². The lowest BCUT2D eigenvalue weighted by Crippen LogP contribution is -2.26. The lowest BCUT2D eigenvalue weighted by Gasteiger charge is -2.28. The van der Waals surface area contributed by atoms with Gasteiger partial charge in [0.15, 0.2) is 0 Å². The summed E-state index contributed by atoms with van der Waals surface area (Å²) < 4.78 is 37.9. The van der Waals surface area contributed by atoms with Crippen LogP contribution in [0.4, 0.5) is 4.39 Å². The van der Waals surface area contributed by atoms with E-state index in [4.69, 9.17) is 0 Å². The number of alkyl halides is 1. The summed E-state index contributed by atoms with van der Waals surface area (Å²) in [7, 11) is -10.2. The van der Waals surface area contributed by atoms with Gasteiger partial charge in [-0.1, -0.05) is 12.1 Å². The van der Waals surface area contributed by atoms with Crippen LogP contribution in [-0.2, 0) is 15.6 Å². The first-order valence-electron chi connectivity index (χ1n) is 7.45. The molecule has 0 aliphatic carbocycles. The molecule has 0 saturated heterocycles. The fourth-order valence-electron chi connectivity index (χ4n) is 2.54. The number of hydrogen-bond acceptors (Lipinski definition) is 4. The Balaban J connectivity index is 1.91. The minimum atomic E-state index is -5.50. The van der Waals surface area contributed by atoms with Crippen LogP contribution in [0.5, 0.6) is 0 Å². The molecule has 0 bridgehead atoms. The first kappa shape index (κ1) is 18.9. The minimum absolute atomic E-state index is 0.0416. The molecule has 26 heavy (non-hydrogen) atoms. The van der Waals surface area contributed by atoms with Crippen molar-refractivity contribution in [2.75, 3.05) is 6.66 Å². The molecular weight excluding hydrogens is 383 g/mol. The zero-order chi connectivity index (χ0) is 19.2. The molecule has 8 nitrogen and oxygen atoms in total. The normalized spacial score (nSPS) is 17.0. The second kappa shape index (κ2) is 6.37. The van der Waals surface area contributed by atoms with Crippen LogP contribution in [0.25, 0.3) is 22.0 Å². The molecule has 0 fully saturated rings. The lowest BCUT2D eigenvalue weighted by atomic mass is 10.1. The monoisotopic (exact) mass is 399 g/mol. The highest BCUT2D eigenvalue weighted by atomic mass is 31.2. The summed E-state index contributed by atoms with van der Waals surface area (Å²) in [5, 5.41) is 4.07. The van der Waals surface area contributed by atoms with Crippen LogP contribution in [0.1, 0.15) is 5.69 Å². The van der Waals surface area contributed by atoms with Crippen LogP contribution >= 0.6 is 15.0 Å². The van der Waals surface area contributed by atoms with Crippen molar-refractivity contribution in [3.8, 4) is 11.1 Å². The second-order valence-corrected chi connectivity index (χ2v) is 10.6. The third-order valence-electron chi connectivity index (χ3n) is 4.09. The highest BCUT2D eigenvalue weighted by molar-refractivity contribution is 7.74. The predicted octanol–water partition coefficient (Wildman–Crippen LogP) is 2.87. The van der Waals surface area contributed by atoms with E-state index in [9.17, 15) is 28.2 Å². The number of benzene rings is 1. The number of rotatable bonds is 5. The average molecular weight is 399 g/mol. The van der Waals surface area contributed by atoms with Crippen molar-refractivity contribution in [3.05, 3.63) is 48.4 Å². The standard InChI is InChI=1S/C15H16FN3O5P2/c1-25(20,21)15(16,26(22,23)24)7-13-4-2-11(8-17-13)10-3-5-14-12(6-10)9-18-19-14/h2-6,8-9H,7H2,1H3,(H,18,19)(H,20,21)(H2,22,23,24). The topological polar surface area (TPSA) is 136 Å². The van der Waals surface area contributed by atoms with Crippen molar-refractivity contribution < 1.29 is 28.2 Å². The number of H-pyrrole nitrogens is 1. The van der Waals surface area contributed by atoms with Gasteiger partial charge in [0, 0.05) is 35.9 Å². The molecule has 0 amide bonds. The first-order valence-corrected chi connectivity index (χ1v) is 11.2. The summed E-state index contributed by atoms with van der Waals surface area (Å²) in [4.78, 5) is 31.9. The fraction of sp³-hybridized carbons (Fsp3) is 0.200. The summed E-state index contributed by atoms with van der Waals surface area (Å²) >= 11 is 0. The summed E-state index contributed by atoms with van der Waals surface area (Å²) in [5.74, 6) is 0. The Hall–Kier alpha value is -1.89. The Morgan fingerprint density at radius 2 is 1.81 bits per heavy atom. The quantitative estimate of drug-likeness (QED) is 0.484. The van der Waals surface area contributed by atoms with Crippen molar-refractivity contribution in [2.45, 2.75) is 11.6 Å².